The summed E-state index contributed by atoms with van der Waals surface area (Å²) in [5.41, 5.74) is 2.55. The van der Waals surface area contributed by atoms with Crippen LogP contribution in [0.1, 0.15) is 48.3 Å². The zero-order chi connectivity index (χ0) is 25.7. The highest BCUT2D eigenvalue weighted by Crippen LogP contribution is 2.43. The van der Waals surface area contributed by atoms with Gasteiger partial charge < -0.3 is 19.2 Å². The zero-order valence-electron chi connectivity index (χ0n) is 20.1. The van der Waals surface area contributed by atoms with Crippen molar-refractivity contribution < 1.29 is 28.2 Å². The lowest BCUT2D eigenvalue weighted by Gasteiger charge is -2.21. The number of ether oxygens (including phenoxy) is 1. The molecule has 5 rings (SSSR count). The molecule has 0 bridgehead atoms. The second kappa shape index (κ2) is 8.67. The highest BCUT2D eigenvalue weighted by Gasteiger charge is 2.49. The number of H-pyrrole nitrogens is 1. The number of halogens is 1. The molecule has 4 aromatic rings. The Hall–Kier alpha value is -4.40. The predicted molar refractivity (Wildman–Crippen MR) is 131 cm³/mol. The van der Waals surface area contributed by atoms with Gasteiger partial charge in [0.25, 0.3) is 5.78 Å². The second-order valence-corrected chi connectivity index (χ2v) is 8.97. The third-order valence-electron chi connectivity index (χ3n) is 6.37. The summed E-state index contributed by atoms with van der Waals surface area (Å²) >= 11 is 0. The lowest BCUT2D eigenvalue weighted by atomic mass is 9.92. The number of rotatable bonds is 5. The number of carbonyl (C=O) groups excluding carboxylic acids is 2. The Morgan fingerprint density at radius 1 is 1.22 bits per heavy atom. The Morgan fingerprint density at radius 2 is 2.00 bits per heavy atom. The summed E-state index contributed by atoms with van der Waals surface area (Å²) in [6, 6.07) is 9.67. The van der Waals surface area contributed by atoms with Gasteiger partial charge in [0.1, 0.15) is 29.1 Å². The van der Waals surface area contributed by atoms with E-state index in [0.29, 0.717) is 27.9 Å². The van der Waals surface area contributed by atoms with Crippen molar-refractivity contribution in [2.24, 2.45) is 0 Å². The molecule has 9 heteroatoms. The van der Waals surface area contributed by atoms with Gasteiger partial charge in [-0.15, -0.1) is 0 Å². The van der Waals surface area contributed by atoms with Crippen LogP contribution in [0.4, 0.5) is 10.3 Å². The molecule has 1 aliphatic heterocycles. The van der Waals surface area contributed by atoms with Crippen molar-refractivity contribution in [3.8, 4) is 5.75 Å². The molecule has 2 aromatic heterocycles. The van der Waals surface area contributed by atoms with Crippen LogP contribution in [0.3, 0.4) is 0 Å². The summed E-state index contributed by atoms with van der Waals surface area (Å²) in [7, 11) is 1.57. The van der Waals surface area contributed by atoms with Crippen molar-refractivity contribution >= 4 is 34.4 Å². The number of anilines is 1. The number of amides is 1. The number of furan rings is 1. The molecular weight excluding hydrogens is 465 g/mol. The average molecular weight is 490 g/mol. The van der Waals surface area contributed by atoms with Gasteiger partial charge in [-0.3, -0.25) is 14.5 Å². The molecule has 184 valence electrons. The number of aryl methyl sites for hydroxylation is 1. The fraction of sp³-hybridized carbons (Fsp3) is 0.222. The van der Waals surface area contributed by atoms with Gasteiger partial charge in [0.2, 0.25) is 5.95 Å². The fourth-order valence-corrected chi connectivity index (χ4v) is 4.58. The normalized spacial score (nSPS) is 17.5. The number of nitrogens with one attached hydrogen (secondary N) is 1. The number of Topliss-reactive ketones (excluding diaryl/α,β-unsaturated/α-hetero) is 1. The number of aliphatic hydroxyl groups excluding tert-OH is 1. The summed E-state index contributed by atoms with van der Waals surface area (Å²) in [5.74, 6) is -1.55. The van der Waals surface area contributed by atoms with Crippen LogP contribution < -0.4 is 9.64 Å². The summed E-state index contributed by atoms with van der Waals surface area (Å²) in [5, 5.41) is 11.5. The number of carbonyl (C=O) groups is 2. The lowest BCUT2D eigenvalue weighted by molar-refractivity contribution is -0.132. The molecule has 0 radical (unpaired) electrons. The van der Waals surface area contributed by atoms with E-state index >= 15 is 0 Å². The third kappa shape index (κ3) is 3.64. The Morgan fingerprint density at radius 3 is 2.67 bits per heavy atom. The standard InChI is InChI=1S/C27H24FN3O5/c1-13(2)16-12-17(14(3)10-21(16)35-4)24(32)22-23(20-6-5-9-36-20)31(26(34)25(22)33)27-29-18-8-7-15(28)11-19(18)30-27/h5-13,23,32H,1-4H3,(H,29,30)/b24-22+. The van der Waals surface area contributed by atoms with E-state index < -0.39 is 23.5 Å². The minimum absolute atomic E-state index is 0.0347. The molecule has 0 saturated carbocycles. The van der Waals surface area contributed by atoms with Crippen LogP contribution in [0, 0.1) is 12.7 Å². The fourth-order valence-electron chi connectivity index (χ4n) is 4.58. The monoisotopic (exact) mass is 489 g/mol. The van der Waals surface area contributed by atoms with E-state index in [1.165, 1.54) is 24.5 Å². The smallest absolute Gasteiger partial charge is 0.302 e. The van der Waals surface area contributed by atoms with Crippen molar-refractivity contribution in [1.82, 2.24) is 9.97 Å². The molecule has 3 heterocycles. The number of ketones is 1. The summed E-state index contributed by atoms with van der Waals surface area (Å²) in [6.45, 7) is 5.76. The molecule has 1 fully saturated rings. The predicted octanol–water partition coefficient (Wildman–Crippen LogP) is 5.36. The number of aliphatic hydroxyl groups is 1. The minimum Gasteiger partial charge on any atom is -0.507 e. The first-order chi connectivity index (χ1) is 17.2. The Bertz CT molecular complexity index is 1530. The van der Waals surface area contributed by atoms with Crippen molar-refractivity contribution in [3.05, 3.63) is 82.6 Å². The molecule has 2 aromatic carbocycles. The highest BCUT2D eigenvalue weighted by molar-refractivity contribution is 6.51. The van der Waals surface area contributed by atoms with Gasteiger partial charge in [0.15, 0.2) is 0 Å². The largest absolute Gasteiger partial charge is 0.507 e. The molecule has 1 atom stereocenters. The maximum Gasteiger partial charge on any atom is 0.302 e. The lowest BCUT2D eigenvalue weighted by Crippen LogP contribution is -2.30. The number of fused-ring (bicyclic) bond motifs is 1. The van der Waals surface area contributed by atoms with Crippen LogP contribution in [-0.4, -0.2) is 33.9 Å². The van der Waals surface area contributed by atoms with Crippen LogP contribution in [-0.2, 0) is 9.59 Å². The van der Waals surface area contributed by atoms with Crippen LogP contribution in [0.25, 0.3) is 16.8 Å². The van der Waals surface area contributed by atoms with Crippen LogP contribution in [0.15, 0.2) is 58.7 Å². The Balaban J connectivity index is 1.73. The van der Waals surface area contributed by atoms with E-state index in [1.807, 2.05) is 13.8 Å². The average Bonchev–Trinajstić information content (AvgIpc) is 3.56. The van der Waals surface area contributed by atoms with Crippen molar-refractivity contribution in [1.29, 1.82) is 0 Å². The van der Waals surface area contributed by atoms with Gasteiger partial charge >= 0.3 is 5.91 Å². The maximum absolute atomic E-state index is 13.8. The number of nitrogens with zero attached hydrogens (tertiary/aromatic N) is 2. The van der Waals surface area contributed by atoms with E-state index in [1.54, 1.807) is 38.3 Å². The van der Waals surface area contributed by atoms with Gasteiger partial charge in [-0.25, -0.2) is 9.37 Å². The van der Waals surface area contributed by atoms with Gasteiger partial charge in [-0.2, -0.15) is 0 Å². The number of hydrogen-bond acceptors (Lipinski definition) is 6. The van der Waals surface area contributed by atoms with Crippen molar-refractivity contribution in [2.75, 3.05) is 12.0 Å². The van der Waals surface area contributed by atoms with E-state index in [2.05, 4.69) is 9.97 Å². The molecule has 0 spiro atoms. The molecular formula is C27H24FN3O5. The van der Waals surface area contributed by atoms with Crippen LogP contribution in [0.2, 0.25) is 0 Å². The molecule has 2 N–H and O–H groups in total. The number of methoxy groups -OCH3 is 1. The quantitative estimate of drug-likeness (QED) is 0.222. The summed E-state index contributed by atoms with van der Waals surface area (Å²) in [4.78, 5) is 35.1. The summed E-state index contributed by atoms with van der Waals surface area (Å²) in [6.07, 6.45) is 1.42. The first-order valence-electron chi connectivity index (χ1n) is 11.4. The zero-order valence-corrected chi connectivity index (χ0v) is 20.1. The molecule has 8 nitrogen and oxygen atoms in total. The molecule has 1 amide bonds. The number of benzene rings is 2. The first kappa shape index (κ1) is 23.3. The minimum atomic E-state index is -1.09. The van der Waals surface area contributed by atoms with Crippen molar-refractivity contribution in [2.45, 2.75) is 32.7 Å². The first-order valence-corrected chi connectivity index (χ1v) is 11.4. The third-order valence-corrected chi connectivity index (χ3v) is 6.37. The summed E-state index contributed by atoms with van der Waals surface area (Å²) < 4.78 is 24.8. The van der Waals surface area contributed by atoms with Gasteiger partial charge in [-0.1, -0.05) is 13.8 Å². The van der Waals surface area contributed by atoms with Crippen LogP contribution in [0.5, 0.6) is 5.75 Å². The van der Waals surface area contributed by atoms with Gasteiger partial charge in [0, 0.05) is 5.56 Å². The topological polar surface area (TPSA) is 109 Å². The molecule has 36 heavy (non-hydrogen) atoms. The molecule has 1 saturated heterocycles. The highest BCUT2D eigenvalue weighted by atomic mass is 19.1. The van der Waals surface area contributed by atoms with Crippen molar-refractivity contribution in [3.63, 3.8) is 0 Å². The SMILES string of the molecule is COc1cc(C)c(/C(O)=C2\C(=O)C(=O)N(c3nc4ccc(F)cc4[nH]3)C2c2ccco2)cc1C(C)C. The Labute approximate surface area is 206 Å². The number of aromatic nitrogens is 2. The molecule has 1 aliphatic rings. The van der Waals surface area contributed by atoms with E-state index in [9.17, 15) is 19.1 Å². The van der Waals surface area contributed by atoms with Crippen LogP contribution >= 0.6 is 0 Å². The number of aromatic amines is 1. The van der Waals surface area contributed by atoms with Gasteiger partial charge in [0.05, 0.1) is 30.0 Å². The molecule has 1 unspecified atom stereocenters. The second-order valence-electron chi connectivity index (χ2n) is 8.97. The van der Waals surface area contributed by atoms with E-state index in [-0.39, 0.29) is 29.0 Å². The number of imidazole rings is 1. The van der Waals surface area contributed by atoms with Gasteiger partial charge in [-0.05, 0) is 66.4 Å². The maximum atomic E-state index is 13.8. The van der Waals surface area contributed by atoms with E-state index in [4.69, 9.17) is 9.15 Å². The Kier molecular flexibility index (Phi) is 5.62. The molecule has 0 aliphatic carbocycles. The number of hydrogen-bond donors (Lipinski definition) is 2. The van der Waals surface area contributed by atoms with E-state index in [0.717, 1.165) is 10.5 Å².